The highest BCUT2D eigenvalue weighted by atomic mass is 16.4. The molecule has 0 bridgehead atoms. The van der Waals surface area contributed by atoms with Crippen LogP contribution >= 0.6 is 0 Å². The first-order valence-electron chi connectivity index (χ1n) is 5.62. The Morgan fingerprint density at radius 3 is 2.62 bits per heavy atom. The average molecular weight is 228 g/mol. The fourth-order valence-electron chi connectivity index (χ4n) is 2.02. The first-order valence-corrected chi connectivity index (χ1v) is 5.62. The van der Waals surface area contributed by atoms with Crippen LogP contribution in [-0.2, 0) is 9.59 Å². The number of amides is 1. The van der Waals surface area contributed by atoms with E-state index in [1.165, 1.54) is 0 Å². The van der Waals surface area contributed by atoms with Crippen molar-refractivity contribution in [2.75, 3.05) is 26.7 Å². The van der Waals surface area contributed by atoms with Crippen LogP contribution in [0.15, 0.2) is 0 Å². The van der Waals surface area contributed by atoms with Crippen molar-refractivity contribution in [1.82, 2.24) is 9.80 Å². The molecule has 1 fully saturated rings. The highest BCUT2D eigenvalue weighted by Gasteiger charge is 2.34. The Bertz CT molecular complexity index is 278. The highest BCUT2D eigenvalue weighted by Crippen LogP contribution is 2.15. The molecular formula is C11H20N2O3. The van der Waals surface area contributed by atoms with E-state index in [9.17, 15) is 9.59 Å². The van der Waals surface area contributed by atoms with Gasteiger partial charge < -0.3 is 10.0 Å². The lowest BCUT2D eigenvalue weighted by Crippen LogP contribution is -2.57. The Balaban J connectivity index is 2.73. The van der Waals surface area contributed by atoms with E-state index in [2.05, 4.69) is 13.8 Å². The van der Waals surface area contributed by atoms with E-state index in [1.54, 1.807) is 11.9 Å². The summed E-state index contributed by atoms with van der Waals surface area (Å²) in [7, 11) is 1.73. The van der Waals surface area contributed by atoms with E-state index < -0.39 is 12.0 Å². The molecule has 1 rings (SSSR count). The summed E-state index contributed by atoms with van der Waals surface area (Å²) >= 11 is 0. The lowest BCUT2D eigenvalue weighted by atomic mass is 10.1. The van der Waals surface area contributed by atoms with Gasteiger partial charge in [-0.1, -0.05) is 13.8 Å². The summed E-state index contributed by atoms with van der Waals surface area (Å²) in [5.41, 5.74) is 0. The largest absolute Gasteiger partial charge is 0.481 e. The summed E-state index contributed by atoms with van der Waals surface area (Å²) in [5, 5.41) is 8.82. The molecule has 0 spiro atoms. The van der Waals surface area contributed by atoms with E-state index in [-0.39, 0.29) is 12.3 Å². The zero-order chi connectivity index (χ0) is 12.3. The maximum absolute atomic E-state index is 11.9. The molecular weight excluding hydrogens is 208 g/mol. The van der Waals surface area contributed by atoms with Gasteiger partial charge in [-0.3, -0.25) is 14.5 Å². The number of likely N-dealkylation sites (N-methyl/N-ethyl adjacent to an activating group) is 1. The molecule has 5 heteroatoms. The van der Waals surface area contributed by atoms with Gasteiger partial charge in [-0.25, -0.2) is 0 Å². The van der Waals surface area contributed by atoms with Crippen molar-refractivity contribution < 1.29 is 14.7 Å². The second-order valence-corrected chi connectivity index (χ2v) is 4.76. The van der Waals surface area contributed by atoms with Gasteiger partial charge in [-0.2, -0.15) is 0 Å². The summed E-state index contributed by atoms with van der Waals surface area (Å²) in [6.07, 6.45) is -0.101. The molecule has 1 heterocycles. The molecule has 1 unspecified atom stereocenters. The van der Waals surface area contributed by atoms with Crippen LogP contribution in [0.2, 0.25) is 0 Å². The van der Waals surface area contributed by atoms with Crippen molar-refractivity contribution in [1.29, 1.82) is 0 Å². The first kappa shape index (κ1) is 13.0. The molecule has 1 amide bonds. The molecule has 1 N–H and O–H groups in total. The summed E-state index contributed by atoms with van der Waals surface area (Å²) in [5.74, 6) is -0.552. The second-order valence-electron chi connectivity index (χ2n) is 4.76. The number of carbonyl (C=O) groups excluding carboxylic acids is 1. The molecule has 1 saturated heterocycles. The Hall–Kier alpha value is -1.10. The van der Waals surface area contributed by atoms with E-state index in [4.69, 9.17) is 5.11 Å². The smallest absolute Gasteiger partial charge is 0.305 e. The molecule has 1 aliphatic heterocycles. The minimum atomic E-state index is -0.914. The van der Waals surface area contributed by atoms with Gasteiger partial charge in [-0.15, -0.1) is 0 Å². The summed E-state index contributed by atoms with van der Waals surface area (Å²) in [6, 6.07) is -0.487. The highest BCUT2D eigenvalue weighted by molar-refractivity contribution is 5.86. The van der Waals surface area contributed by atoms with Crippen molar-refractivity contribution in [3.63, 3.8) is 0 Å². The van der Waals surface area contributed by atoms with E-state index >= 15 is 0 Å². The van der Waals surface area contributed by atoms with Crippen LogP contribution in [-0.4, -0.2) is 59.5 Å². The van der Waals surface area contributed by atoms with Crippen molar-refractivity contribution >= 4 is 11.9 Å². The zero-order valence-electron chi connectivity index (χ0n) is 10.1. The predicted octanol–water partition coefficient (Wildman–Crippen LogP) is 0.260. The van der Waals surface area contributed by atoms with Crippen LogP contribution in [0.3, 0.4) is 0 Å². The van der Waals surface area contributed by atoms with Gasteiger partial charge in [0.15, 0.2) is 0 Å². The third kappa shape index (κ3) is 3.20. The molecule has 0 aromatic rings. The fraction of sp³-hybridized carbons (Fsp3) is 0.818. The standard InChI is InChI=1S/C11H20N2O3/c1-8(2)7-13-5-4-12(3)11(16)9(13)6-10(14)15/h8-9H,4-7H2,1-3H3,(H,14,15). The van der Waals surface area contributed by atoms with Crippen LogP contribution in [0.25, 0.3) is 0 Å². The lowest BCUT2D eigenvalue weighted by molar-refractivity contribution is -0.148. The van der Waals surface area contributed by atoms with Gasteiger partial charge in [0, 0.05) is 26.7 Å². The van der Waals surface area contributed by atoms with Gasteiger partial charge in [0.1, 0.15) is 0 Å². The third-order valence-electron chi connectivity index (χ3n) is 2.79. The molecule has 92 valence electrons. The zero-order valence-corrected chi connectivity index (χ0v) is 10.1. The summed E-state index contributed by atoms with van der Waals surface area (Å²) < 4.78 is 0. The molecule has 0 aromatic heterocycles. The maximum atomic E-state index is 11.9. The minimum Gasteiger partial charge on any atom is -0.481 e. The predicted molar refractivity (Wildman–Crippen MR) is 60.1 cm³/mol. The number of carbonyl (C=O) groups is 2. The number of nitrogens with zero attached hydrogens (tertiary/aromatic N) is 2. The van der Waals surface area contributed by atoms with Crippen molar-refractivity contribution in [2.45, 2.75) is 26.3 Å². The van der Waals surface area contributed by atoms with E-state index in [1.807, 2.05) is 4.90 Å². The van der Waals surface area contributed by atoms with E-state index in [0.717, 1.165) is 13.1 Å². The second kappa shape index (κ2) is 5.30. The van der Waals surface area contributed by atoms with Gasteiger partial charge in [0.2, 0.25) is 5.91 Å². The number of carboxylic acids is 1. The molecule has 1 aliphatic rings. The monoisotopic (exact) mass is 228 g/mol. The number of piperazine rings is 1. The van der Waals surface area contributed by atoms with Crippen LogP contribution in [0.4, 0.5) is 0 Å². The van der Waals surface area contributed by atoms with Gasteiger partial charge >= 0.3 is 5.97 Å². The van der Waals surface area contributed by atoms with Crippen molar-refractivity contribution in [3.05, 3.63) is 0 Å². The summed E-state index contributed by atoms with van der Waals surface area (Å²) in [4.78, 5) is 26.2. The number of hydrogen-bond acceptors (Lipinski definition) is 3. The Kier molecular flexibility index (Phi) is 4.29. The molecule has 5 nitrogen and oxygen atoms in total. The van der Waals surface area contributed by atoms with Crippen LogP contribution in [0.1, 0.15) is 20.3 Å². The first-order chi connectivity index (χ1) is 7.41. The Morgan fingerprint density at radius 1 is 1.50 bits per heavy atom. The number of aliphatic carboxylic acids is 1. The third-order valence-corrected chi connectivity index (χ3v) is 2.79. The number of rotatable bonds is 4. The molecule has 1 atom stereocenters. The van der Waals surface area contributed by atoms with Crippen LogP contribution in [0.5, 0.6) is 0 Å². The molecule has 16 heavy (non-hydrogen) atoms. The number of hydrogen-bond donors (Lipinski definition) is 1. The van der Waals surface area contributed by atoms with Gasteiger partial charge in [0.25, 0.3) is 0 Å². The molecule has 0 radical (unpaired) electrons. The summed E-state index contributed by atoms with van der Waals surface area (Å²) in [6.45, 7) is 6.36. The average Bonchev–Trinajstić information content (AvgIpc) is 2.16. The number of carboxylic acid groups (broad SMARTS) is 1. The maximum Gasteiger partial charge on any atom is 0.305 e. The van der Waals surface area contributed by atoms with Crippen LogP contribution in [0, 0.1) is 5.92 Å². The normalized spacial score (nSPS) is 22.9. The Morgan fingerprint density at radius 2 is 2.12 bits per heavy atom. The van der Waals surface area contributed by atoms with Crippen molar-refractivity contribution in [2.24, 2.45) is 5.92 Å². The van der Waals surface area contributed by atoms with Crippen molar-refractivity contribution in [3.8, 4) is 0 Å². The van der Waals surface area contributed by atoms with Gasteiger partial charge in [-0.05, 0) is 5.92 Å². The molecule has 0 saturated carbocycles. The minimum absolute atomic E-state index is 0.0747. The molecule has 0 aliphatic carbocycles. The Labute approximate surface area is 96.0 Å². The van der Waals surface area contributed by atoms with Gasteiger partial charge in [0.05, 0.1) is 12.5 Å². The van der Waals surface area contributed by atoms with Crippen LogP contribution < -0.4 is 0 Å². The van der Waals surface area contributed by atoms with E-state index in [0.29, 0.717) is 12.5 Å². The topological polar surface area (TPSA) is 60.9 Å². The quantitative estimate of drug-likeness (QED) is 0.749. The SMILES string of the molecule is CC(C)CN1CCN(C)C(=O)C1CC(=O)O. The molecule has 0 aromatic carbocycles. The lowest BCUT2D eigenvalue weighted by Gasteiger charge is -2.39. The fourth-order valence-corrected chi connectivity index (χ4v) is 2.02.